The highest BCUT2D eigenvalue weighted by Gasteiger charge is 2.17. The fourth-order valence-corrected chi connectivity index (χ4v) is 4.00. The van der Waals surface area contributed by atoms with E-state index in [9.17, 15) is 9.59 Å². The SMILES string of the molecule is NC(=O)c1sccc1NC(=O)CCCCN1CCN(c2ccccc2)CC1. The third kappa shape index (κ3) is 5.55. The quantitative estimate of drug-likeness (QED) is 0.684. The Bertz CT molecular complexity index is 754. The van der Waals surface area contributed by atoms with E-state index in [4.69, 9.17) is 5.73 Å². The first kappa shape index (κ1) is 19.4. The van der Waals surface area contributed by atoms with Gasteiger partial charge in [0.2, 0.25) is 5.91 Å². The number of nitrogens with one attached hydrogen (secondary N) is 1. The highest BCUT2D eigenvalue weighted by molar-refractivity contribution is 7.12. The number of nitrogens with two attached hydrogens (primary N) is 1. The third-order valence-corrected chi connectivity index (χ3v) is 5.71. The van der Waals surface area contributed by atoms with Crippen LogP contribution in [0.1, 0.15) is 28.9 Å². The van der Waals surface area contributed by atoms with Crippen LogP contribution in [0.2, 0.25) is 0 Å². The van der Waals surface area contributed by atoms with Gasteiger partial charge in [-0.1, -0.05) is 18.2 Å². The van der Waals surface area contributed by atoms with E-state index in [2.05, 4.69) is 39.4 Å². The maximum atomic E-state index is 12.1. The van der Waals surface area contributed by atoms with Crippen LogP contribution in [0.5, 0.6) is 0 Å². The highest BCUT2D eigenvalue weighted by Crippen LogP contribution is 2.22. The number of rotatable bonds is 8. The molecule has 0 radical (unpaired) electrons. The van der Waals surface area contributed by atoms with Crippen molar-refractivity contribution in [3.8, 4) is 0 Å². The van der Waals surface area contributed by atoms with E-state index in [1.807, 2.05) is 6.07 Å². The minimum Gasteiger partial charge on any atom is -0.369 e. The van der Waals surface area contributed by atoms with Gasteiger partial charge in [-0.3, -0.25) is 14.5 Å². The maximum absolute atomic E-state index is 12.1. The van der Waals surface area contributed by atoms with Crippen molar-refractivity contribution in [1.29, 1.82) is 0 Å². The molecule has 3 N–H and O–H groups in total. The van der Waals surface area contributed by atoms with Crippen molar-refractivity contribution >= 4 is 34.5 Å². The van der Waals surface area contributed by atoms with Gasteiger partial charge < -0.3 is 16.0 Å². The number of nitrogens with zero attached hydrogens (tertiary/aromatic N) is 2. The zero-order valence-corrected chi connectivity index (χ0v) is 16.2. The normalized spacial score (nSPS) is 14.9. The van der Waals surface area contributed by atoms with Crippen LogP contribution >= 0.6 is 11.3 Å². The van der Waals surface area contributed by atoms with Gasteiger partial charge in [0.05, 0.1) is 5.69 Å². The van der Waals surface area contributed by atoms with Crippen LogP contribution in [-0.4, -0.2) is 49.4 Å². The predicted octanol–water partition coefficient (Wildman–Crippen LogP) is 2.78. The summed E-state index contributed by atoms with van der Waals surface area (Å²) in [5, 5.41) is 4.54. The summed E-state index contributed by atoms with van der Waals surface area (Å²) in [6.45, 7) is 5.20. The molecule has 0 atom stereocenters. The van der Waals surface area contributed by atoms with E-state index >= 15 is 0 Å². The van der Waals surface area contributed by atoms with Crippen LogP contribution in [0, 0.1) is 0 Å². The molecular weight excluding hydrogens is 360 g/mol. The van der Waals surface area contributed by atoms with Gasteiger partial charge in [0.15, 0.2) is 0 Å². The average Bonchev–Trinajstić information content (AvgIpc) is 3.15. The number of anilines is 2. The van der Waals surface area contributed by atoms with Gasteiger partial charge in [-0.25, -0.2) is 0 Å². The van der Waals surface area contributed by atoms with Crippen molar-refractivity contribution in [3.05, 3.63) is 46.7 Å². The van der Waals surface area contributed by atoms with E-state index in [-0.39, 0.29) is 5.91 Å². The van der Waals surface area contributed by atoms with E-state index in [0.29, 0.717) is 17.0 Å². The summed E-state index contributed by atoms with van der Waals surface area (Å²) in [4.78, 5) is 28.6. The number of carbonyl (C=O) groups is 2. The number of primary amides is 1. The lowest BCUT2D eigenvalue weighted by Crippen LogP contribution is -2.46. The van der Waals surface area contributed by atoms with Gasteiger partial charge >= 0.3 is 0 Å². The van der Waals surface area contributed by atoms with E-state index < -0.39 is 5.91 Å². The highest BCUT2D eigenvalue weighted by atomic mass is 32.1. The van der Waals surface area contributed by atoms with Crippen molar-refractivity contribution in [2.75, 3.05) is 42.9 Å². The predicted molar refractivity (Wildman–Crippen MR) is 110 cm³/mol. The molecule has 1 aliphatic rings. The van der Waals surface area contributed by atoms with Crippen molar-refractivity contribution in [1.82, 2.24) is 4.90 Å². The van der Waals surface area contributed by atoms with E-state index in [1.54, 1.807) is 11.4 Å². The Kier molecular flexibility index (Phi) is 6.84. The number of hydrogen-bond acceptors (Lipinski definition) is 5. The number of para-hydroxylation sites is 1. The number of unbranched alkanes of at least 4 members (excludes halogenated alkanes) is 1. The summed E-state index contributed by atoms with van der Waals surface area (Å²) in [6, 6.07) is 12.2. The minimum atomic E-state index is -0.505. The molecule has 0 saturated carbocycles. The van der Waals surface area contributed by atoms with Gasteiger partial charge in [0.25, 0.3) is 5.91 Å². The Morgan fingerprint density at radius 2 is 1.78 bits per heavy atom. The molecule has 6 nitrogen and oxygen atoms in total. The first-order chi connectivity index (χ1) is 13.1. The maximum Gasteiger partial charge on any atom is 0.260 e. The Balaban J connectivity index is 1.32. The van der Waals surface area contributed by atoms with Crippen LogP contribution in [0.15, 0.2) is 41.8 Å². The standard InChI is InChI=1S/C20H26N4O2S/c21-20(26)19-17(9-15-27-19)22-18(25)8-4-5-10-23-11-13-24(14-12-23)16-6-2-1-3-7-16/h1-3,6-7,9,15H,4-5,8,10-14H2,(H2,21,26)(H,22,25). The molecule has 1 aliphatic heterocycles. The third-order valence-electron chi connectivity index (χ3n) is 4.78. The molecule has 144 valence electrons. The number of benzene rings is 1. The van der Waals surface area contributed by atoms with Crippen molar-refractivity contribution in [2.45, 2.75) is 19.3 Å². The Labute approximate surface area is 164 Å². The zero-order valence-electron chi connectivity index (χ0n) is 15.4. The average molecular weight is 387 g/mol. The molecule has 1 saturated heterocycles. The van der Waals surface area contributed by atoms with Gasteiger partial charge in [-0.05, 0) is 43.0 Å². The molecule has 1 aromatic carbocycles. The summed E-state index contributed by atoms with van der Waals surface area (Å²) in [5.41, 5.74) is 7.11. The van der Waals surface area contributed by atoms with Crippen LogP contribution in [0.3, 0.4) is 0 Å². The molecule has 3 rings (SSSR count). The van der Waals surface area contributed by atoms with Crippen molar-refractivity contribution in [3.63, 3.8) is 0 Å². The number of carbonyl (C=O) groups excluding carboxylic acids is 2. The lowest BCUT2D eigenvalue weighted by atomic mass is 10.2. The molecule has 7 heteroatoms. The summed E-state index contributed by atoms with van der Waals surface area (Å²) in [7, 11) is 0. The molecule has 0 spiro atoms. The Morgan fingerprint density at radius 3 is 2.48 bits per heavy atom. The molecule has 0 bridgehead atoms. The number of hydrogen-bond donors (Lipinski definition) is 2. The zero-order chi connectivity index (χ0) is 19.1. The largest absolute Gasteiger partial charge is 0.369 e. The van der Waals surface area contributed by atoms with E-state index in [1.165, 1.54) is 17.0 Å². The van der Waals surface area contributed by atoms with Gasteiger partial charge in [-0.15, -0.1) is 11.3 Å². The smallest absolute Gasteiger partial charge is 0.260 e. The van der Waals surface area contributed by atoms with Gasteiger partial charge in [0.1, 0.15) is 4.88 Å². The molecule has 2 amide bonds. The summed E-state index contributed by atoms with van der Waals surface area (Å²) >= 11 is 1.25. The lowest BCUT2D eigenvalue weighted by Gasteiger charge is -2.36. The molecule has 2 heterocycles. The fourth-order valence-electron chi connectivity index (χ4n) is 3.30. The van der Waals surface area contributed by atoms with Crippen LogP contribution in [0.4, 0.5) is 11.4 Å². The molecule has 1 fully saturated rings. The number of piperazine rings is 1. The Morgan fingerprint density at radius 1 is 1.04 bits per heavy atom. The van der Waals surface area contributed by atoms with Crippen molar-refractivity contribution in [2.24, 2.45) is 5.73 Å². The second-order valence-corrected chi connectivity index (χ2v) is 7.61. The topological polar surface area (TPSA) is 78.7 Å². The van der Waals surface area contributed by atoms with Crippen LogP contribution < -0.4 is 16.0 Å². The van der Waals surface area contributed by atoms with Crippen molar-refractivity contribution < 1.29 is 9.59 Å². The molecule has 0 unspecified atom stereocenters. The van der Waals surface area contributed by atoms with E-state index in [0.717, 1.165) is 45.6 Å². The second kappa shape index (κ2) is 9.53. The number of thiophene rings is 1. The molecule has 1 aromatic heterocycles. The number of amides is 2. The molecular formula is C20H26N4O2S. The summed E-state index contributed by atoms with van der Waals surface area (Å²) in [5.74, 6) is -0.570. The lowest BCUT2D eigenvalue weighted by molar-refractivity contribution is -0.116. The molecule has 2 aromatic rings. The summed E-state index contributed by atoms with van der Waals surface area (Å²) < 4.78 is 0. The Hall–Kier alpha value is -2.38. The minimum absolute atomic E-state index is 0.0650. The molecule has 27 heavy (non-hydrogen) atoms. The first-order valence-electron chi connectivity index (χ1n) is 9.33. The second-order valence-electron chi connectivity index (χ2n) is 6.70. The monoisotopic (exact) mass is 386 g/mol. The molecule has 0 aliphatic carbocycles. The van der Waals surface area contributed by atoms with Crippen LogP contribution in [0.25, 0.3) is 0 Å². The fraction of sp³-hybridized carbons (Fsp3) is 0.400. The van der Waals surface area contributed by atoms with Gasteiger partial charge in [0, 0.05) is 38.3 Å². The summed E-state index contributed by atoms with van der Waals surface area (Å²) in [6.07, 6.45) is 2.28. The first-order valence-corrected chi connectivity index (χ1v) is 10.2. The van der Waals surface area contributed by atoms with Gasteiger partial charge in [-0.2, -0.15) is 0 Å². The van der Waals surface area contributed by atoms with Crippen LogP contribution in [-0.2, 0) is 4.79 Å².